The predicted octanol–water partition coefficient (Wildman–Crippen LogP) is 3.01. The van der Waals surface area contributed by atoms with Crippen molar-refractivity contribution < 1.29 is 5.11 Å². The van der Waals surface area contributed by atoms with Crippen LogP contribution in [0.25, 0.3) is 0 Å². The van der Waals surface area contributed by atoms with Gasteiger partial charge in [0.15, 0.2) is 0 Å². The first-order valence-electron chi connectivity index (χ1n) is 5.56. The minimum absolute atomic E-state index is 0.523. The van der Waals surface area contributed by atoms with E-state index >= 15 is 0 Å². The number of hydrogen-bond acceptors (Lipinski definition) is 1. The Labute approximate surface area is 85.8 Å². The molecule has 14 heavy (non-hydrogen) atoms. The molecule has 0 unspecified atom stereocenters. The molecule has 0 heterocycles. The third-order valence-corrected chi connectivity index (χ3v) is 3.30. The van der Waals surface area contributed by atoms with E-state index in [-0.39, 0.29) is 0 Å². The summed E-state index contributed by atoms with van der Waals surface area (Å²) >= 11 is 0. The molecular formula is C13H18O. The van der Waals surface area contributed by atoms with Gasteiger partial charge in [-0.05, 0) is 30.4 Å². The fourth-order valence-corrected chi connectivity index (χ4v) is 2.33. The minimum atomic E-state index is -0.523. The molecule has 1 aliphatic rings. The third kappa shape index (κ3) is 1.69. The fraction of sp³-hybridized carbons (Fsp3) is 0.538. The van der Waals surface area contributed by atoms with Gasteiger partial charge in [-0.1, -0.05) is 44.0 Å². The van der Waals surface area contributed by atoms with Gasteiger partial charge < -0.3 is 5.11 Å². The molecule has 1 heteroatoms. The highest BCUT2D eigenvalue weighted by molar-refractivity contribution is 5.28. The maximum atomic E-state index is 10.4. The van der Waals surface area contributed by atoms with Gasteiger partial charge in [-0.15, -0.1) is 0 Å². The topological polar surface area (TPSA) is 20.2 Å². The maximum absolute atomic E-state index is 10.4. The molecular weight excluding hydrogens is 172 g/mol. The van der Waals surface area contributed by atoms with Crippen LogP contribution < -0.4 is 0 Å². The fourth-order valence-electron chi connectivity index (χ4n) is 2.33. The first kappa shape index (κ1) is 9.72. The molecule has 0 saturated heterocycles. The van der Waals surface area contributed by atoms with E-state index in [2.05, 4.69) is 31.2 Å². The van der Waals surface area contributed by atoms with Gasteiger partial charge in [-0.3, -0.25) is 0 Å². The van der Waals surface area contributed by atoms with Crippen LogP contribution >= 0.6 is 0 Å². The van der Waals surface area contributed by atoms with Gasteiger partial charge in [0.25, 0.3) is 0 Å². The van der Waals surface area contributed by atoms with Crippen LogP contribution in [0.15, 0.2) is 24.3 Å². The van der Waals surface area contributed by atoms with Crippen LogP contribution in [0.3, 0.4) is 0 Å². The lowest BCUT2D eigenvalue weighted by atomic mass is 9.91. The summed E-state index contributed by atoms with van der Waals surface area (Å²) in [6.45, 7) is 2.15. The molecule has 1 aliphatic carbocycles. The average molecular weight is 190 g/mol. The molecule has 2 rings (SSSR count). The quantitative estimate of drug-likeness (QED) is 0.760. The Balaban J connectivity index is 2.30. The lowest BCUT2D eigenvalue weighted by Crippen LogP contribution is -2.20. The summed E-state index contributed by atoms with van der Waals surface area (Å²) in [5.74, 6) is 0. The minimum Gasteiger partial charge on any atom is -0.385 e. The normalized spacial score (nSPS) is 19.9. The van der Waals surface area contributed by atoms with Crippen molar-refractivity contribution in [3.8, 4) is 0 Å². The van der Waals surface area contributed by atoms with E-state index in [0.29, 0.717) is 0 Å². The smallest absolute Gasteiger partial charge is 0.0896 e. The second kappa shape index (κ2) is 3.74. The Morgan fingerprint density at radius 1 is 1.29 bits per heavy atom. The highest BCUT2D eigenvalue weighted by Crippen LogP contribution is 2.38. The van der Waals surface area contributed by atoms with Crippen molar-refractivity contribution in [1.29, 1.82) is 0 Å². The molecule has 0 atom stereocenters. The monoisotopic (exact) mass is 190 g/mol. The number of aliphatic hydroxyl groups is 1. The summed E-state index contributed by atoms with van der Waals surface area (Å²) in [7, 11) is 0. The van der Waals surface area contributed by atoms with Gasteiger partial charge in [-0.25, -0.2) is 0 Å². The van der Waals surface area contributed by atoms with Crippen LogP contribution in [-0.4, -0.2) is 5.11 Å². The standard InChI is InChI=1S/C13H18O/c1-2-11-6-5-7-12(10-11)13(14)8-3-4-9-13/h5-7,10,14H,2-4,8-9H2,1H3. The third-order valence-electron chi connectivity index (χ3n) is 3.30. The molecule has 0 bridgehead atoms. The summed E-state index contributed by atoms with van der Waals surface area (Å²) in [4.78, 5) is 0. The van der Waals surface area contributed by atoms with Crippen LogP contribution in [-0.2, 0) is 12.0 Å². The van der Waals surface area contributed by atoms with E-state index < -0.39 is 5.60 Å². The molecule has 1 fully saturated rings. The van der Waals surface area contributed by atoms with Gasteiger partial charge >= 0.3 is 0 Å². The maximum Gasteiger partial charge on any atom is 0.0896 e. The van der Waals surface area contributed by atoms with Crippen LogP contribution in [0.4, 0.5) is 0 Å². The molecule has 1 aromatic carbocycles. The highest BCUT2D eigenvalue weighted by atomic mass is 16.3. The second-order valence-electron chi connectivity index (χ2n) is 4.29. The van der Waals surface area contributed by atoms with E-state index in [4.69, 9.17) is 0 Å². The number of aryl methyl sites for hydroxylation is 1. The average Bonchev–Trinajstić information content (AvgIpc) is 2.67. The van der Waals surface area contributed by atoms with Gasteiger partial charge in [0.1, 0.15) is 0 Å². The van der Waals surface area contributed by atoms with Crippen molar-refractivity contribution in [3.63, 3.8) is 0 Å². The summed E-state index contributed by atoms with van der Waals surface area (Å²) in [6, 6.07) is 8.40. The molecule has 0 radical (unpaired) electrons. The summed E-state index contributed by atoms with van der Waals surface area (Å²) < 4.78 is 0. The summed E-state index contributed by atoms with van der Waals surface area (Å²) in [6.07, 6.45) is 5.23. The highest BCUT2D eigenvalue weighted by Gasteiger charge is 2.32. The van der Waals surface area contributed by atoms with Gasteiger partial charge in [0.2, 0.25) is 0 Å². The lowest BCUT2D eigenvalue weighted by molar-refractivity contribution is 0.0444. The van der Waals surface area contributed by atoms with Crippen molar-refractivity contribution >= 4 is 0 Å². The number of benzene rings is 1. The van der Waals surface area contributed by atoms with Crippen LogP contribution in [0.2, 0.25) is 0 Å². The molecule has 0 aliphatic heterocycles. The first-order valence-corrected chi connectivity index (χ1v) is 5.56. The van der Waals surface area contributed by atoms with Crippen molar-refractivity contribution in [2.75, 3.05) is 0 Å². The van der Waals surface area contributed by atoms with E-state index in [1.54, 1.807) is 0 Å². The van der Waals surface area contributed by atoms with Crippen molar-refractivity contribution in [3.05, 3.63) is 35.4 Å². The zero-order chi connectivity index (χ0) is 10.0. The largest absolute Gasteiger partial charge is 0.385 e. The molecule has 76 valence electrons. The molecule has 1 N–H and O–H groups in total. The van der Waals surface area contributed by atoms with Crippen molar-refractivity contribution in [2.24, 2.45) is 0 Å². The summed E-state index contributed by atoms with van der Waals surface area (Å²) in [5, 5.41) is 10.4. The van der Waals surface area contributed by atoms with Crippen molar-refractivity contribution in [2.45, 2.75) is 44.6 Å². The zero-order valence-corrected chi connectivity index (χ0v) is 8.79. The second-order valence-corrected chi connectivity index (χ2v) is 4.29. The SMILES string of the molecule is CCc1cccc(C2(O)CCCC2)c1. The van der Waals surface area contributed by atoms with Gasteiger partial charge in [-0.2, -0.15) is 0 Å². The molecule has 1 saturated carbocycles. The van der Waals surface area contributed by atoms with Gasteiger partial charge in [0, 0.05) is 0 Å². The molecule has 1 nitrogen and oxygen atoms in total. The first-order chi connectivity index (χ1) is 6.74. The molecule has 0 amide bonds. The number of rotatable bonds is 2. The molecule has 1 aromatic rings. The van der Waals surface area contributed by atoms with E-state index in [1.807, 2.05) is 0 Å². The number of hydrogen-bond donors (Lipinski definition) is 1. The van der Waals surface area contributed by atoms with Crippen LogP contribution in [0.1, 0.15) is 43.7 Å². The lowest BCUT2D eigenvalue weighted by Gasteiger charge is -2.23. The van der Waals surface area contributed by atoms with Crippen LogP contribution in [0.5, 0.6) is 0 Å². The zero-order valence-electron chi connectivity index (χ0n) is 8.79. The Morgan fingerprint density at radius 2 is 2.00 bits per heavy atom. The van der Waals surface area contributed by atoms with E-state index in [9.17, 15) is 5.11 Å². The Kier molecular flexibility index (Phi) is 2.60. The Morgan fingerprint density at radius 3 is 2.64 bits per heavy atom. The Hall–Kier alpha value is -0.820. The van der Waals surface area contributed by atoms with Crippen LogP contribution in [0, 0.1) is 0 Å². The molecule has 0 spiro atoms. The predicted molar refractivity (Wildman–Crippen MR) is 58.2 cm³/mol. The van der Waals surface area contributed by atoms with Gasteiger partial charge in [0.05, 0.1) is 5.60 Å². The summed E-state index contributed by atoms with van der Waals surface area (Å²) in [5.41, 5.74) is 1.92. The van der Waals surface area contributed by atoms with Crippen molar-refractivity contribution in [1.82, 2.24) is 0 Å². The van der Waals surface area contributed by atoms with E-state index in [1.165, 1.54) is 5.56 Å². The molecule has 0 aromatic heterocycles. The Bertz CT molecular complexity index is 311. The van der Waals surface area contributed by atoms with E-state index in [0.717, 1.165) is 37.7 Å².